The minimum atomic E-state index is -0.392. The van der Waals surface area contributed by atoms with E-state index < -0.39 is 5.54 Å². The summed E-state index contributed by atoms with van der Waals surface area (Å²) >= 11 is 5.13. The van der Waals surface area contributed by atoms with Gasteiger partial charge in [-0.1, -0.05) is 6.92 Å². The van der Waals surface area contributed by atoms with Crippen LogP contribution in [0, 0.1) is 17.2 Å². The highest BCUT2D eigenvalue weighted by Crippen LogP contribution is 2.42. The lowest BCUT2D eigenvalue weighted by atomic mass is 9.98. The molecule has 0 spiro atoms. The molecule has 1 aromatic heterocycles. The third-order valence-corrected chi connectivity index (χ3v) is 5.23. The number of nitrogens with zero attached hydrogens (tertiary/aromatic N) is 2. The first kappa shape index (κ1) is 13.9. The molecular formula is C13H16BrN3S. The summed E-state index contributed by atoms with van der Waals surface area (Å²) in [6.07, 6.45) is 4.10. The van der Waals surface area contributed by atoms with E-state index in [0.717, 1.165) is 34.6 Å². The molecule has 1 N–H and O–H groups in total. The van der Waals surface area contributed by atoms with E-state index in [-0.39, 0.29) is 0 Å². The first-order chi connectivity index (χ1) is 8.72. The first-order valence-corrected chi connectivity index (χ1v) is 7.89. The van der Waals surface area contributed by atoms with Gasteiger partial charge in [-0.15, -0.1) is 11.8 Å². The van der Waals surface area contributed by atoms with E-state index in [1.165, 1.54) is 0 Å². The summed E-state index contributed by atoms with van der Waals surface area (Å²) in [5.41, 5.74) is -0.392. The Bertz CT molecular complexity index is 456. The topological polar surface area (TPSA) is 48.7 Å². The second-order valence-electron chi connectivity index (χ2n) is 4.47. The smallest absolute Gasteiger partial charge is 0.119 e. The van der Waals surface area contributed by atoms with Crippen LogP contribution in [-0.2, 0) is 0 Å². The average Bonchev–Trinajstić information content (AvgIpc) is 3.21. The van der Waals surface area contributed by atoms with Gasteiger partial charge in [0.05, 0.1) is 6.07 Å². The summed E-state index contributed by atoms with van der Waals surface area (Å²) in [7, 11) is 0. The number of hydrogen-bond donors (Lipinski definition) is 1. The van der Waals surface area contributed by atoms with Crippen LogP contribution in [0.1, 0.15) is 19.8 Å². The number of nitriles is 1. The molecule has 1 unspecified atom stereocenters. The minimum Gasteiger partial charge on any atom is -0.299 e. The van der Waals surface area contributed by atoms with Gasteiger partial charge in [-0.25, -0.2) is 4.98 Å². The number of nitrogens with one attached hydrogen (secondary N) is 1. The Balaban J connectivity index is 2.06. The molecule has 0 aliphatic heterocycles. The summed E-state index contributed by atoms with van der Waals surface area (Å²) in [5, 5.41) is 13.8. The molecule has 1 aromatic rings. The predicted octanol–water partition coefficient (Wildman–Crippen LogP) is 3.22. The van der Waals surface area contributed by atoms with Crippen LogP contribution in [0.5, 0.6) is 0 Å². The van der Waals surface area contributed by atoms with Crippen molar-refractivity contribution in [3.8, 4) is 6.07 Å². The van der Waals surface area contributed by atoms with Crippen LogP contribution in [-0.4, -0.2) is 22.8 Å². The number of aromatic nitrogens is 1. The maximum absolute atomic E-state index is 9.51. The van der Waals surface area contributed by atoms with Gasteiger partial charge >= 0.3 is 0 Å². The van der Waals surface area contributed by atoms with Gasteiger partial charge in [-0.3, -0.25) is 5.32 Å². The van der Waals surface area contributed by atoms with Gasteiger partial charge in [0, 0.05) is 16.4 Å². The largest absolute Gasteiger partial charge is 0.299 e. The molecule has 96 valence electrons. The fourth-order valence-electron chi connectivity index (χ4n) is 2.03. The molecule has 0 radical (unpaired) electrons. The van der Waals surface area contributed by atoms with Crippen LogP contribution in [0.2, 0.25) is 0 Å². The SMILES string of the molecule is CCNC(C#N)(CSc1ncccc1Br)C1CC1. The Kier molecular flexibility index (Phi) is 4.66. The number of halogens is 1. The van der Waals surface area contributed by atoms with Crippen molar-refractivity contribution in [1.82, 2.24) is 10.3 Å². The molecule has 0 amide bonds. The fourth-order valence-corrected chi connectivity index (χ4v) is 3.73. The summed E-state index contributed by atoms with van der Waals surface area (Å²) in [4.78, 5) is 4.33. The lowest BCUT2D eigenvalue weighted by Crippen LogP contribution is -2.48. The van der Waals surface area contributed by atoms with Gasteiger partial charge in [0.2, 0.25) is 0 Å². The van der Waals surface area contributed by atoms with E-state index >= 15 is 0 Å². The molecule has 3 nitrogen and oxygen atoms in total. The first-order valence-electron chi connectivity index (χ1n) is 6.11. The monoisotopic (exact) mass is 325 g/mol. The highest BCUT2D eigenvalue weighted by molar-refractivity contribution is 9.10. The van der Waals surface area contributed by atoms with Crippen LogP contribution in [0.25, 0.3) is 0 Å². The summed E-state index contributed by atoms with van der Waals surface area (Å²) in [5.74, 6) is 1.25. The maximum atomic E-state index is 9.51. The van der Waals surface area contributed by atoms with Crippen LogP contribution >= 0.6 is 27.7 Å². The van der Waals surface area contributed by atoms with Crippen molar-refractivity contribution in [1.29, 1.82) is 5.26 Å². The van der Waals surface area contributed by atoms with Gasteiger partial charge in [-0.05, 0) is 53.4 Å². The normalized spacial score (nSPS) is 18.1. The molecule has 1 saturated carbocycles. The van der Waals surface area contributed by atoms with Crippen LogP contribution < -0.4 is 5.32 Å². The third-order valence-electron chi connectivity index (χ3n) is 3.13. The van der Waals surface area contributed by atoms with E-state index in [9.17, 15) is 5.26 Å². The molecular weight excluding hydrogens is 310 g/mol. The molecule has 2 rings (SSSR count). The van der Waals surface area contributed by atoms with Gasteiger partial charge in [-0.2, -0.15) is 5.26 Å². The highest BCUT2D eigenvalue weighted by atomic mass is 79.9. The van der Waals surface area contributed by atoms with E-state index in [2.05, 4.69) is 39.2 Å². The Labute approximate surface area is 120 Å². The number of thioether (sulfide) groups is 1. The Morgan fingerprint density at radius 3 is 3.00 bits per heavy atom. The van der Waals surface area contributed by atoms with Crippen molar-refractivity contribution in [2.75, 3.05) is 12.3 Å². The van der Waals surface area contributed by atoms with Crippen LogP contribution in [0.3, 0.4) is 0 Å². The lowest BCUT2D eigenvalue weighted by molar-refractivity contribution is 0.416. The summed E-state index contributed by atoms with van der Waals surface area (Å²) < 4.78 is 0.995. The molecule has 1 aliphatic rings. The molecule has 0 bridgehead atoms. The quantitative estimate of drug-likeness (QED) is 0.816. The van der Waals surface area contributed by atoms with Gasteiger partial charge in [0.1, 0.15) is 10.6 Å². The second-order valence-corrected chi connectivity index (χ2v) is 6.29. The molecule has 5 heteroatoms. The lowest BCUT2D eigenvalue weighted by Gasteiger charge is -2.27. The van der Waals surface area contributed by atoms with E-state index in [0.29, 0.717) is 5.92 Å². The molecule has 18 heavy (non-hydrogen) atoms. The zero-order valence-corrected chi connectivity index (χ0v) is 12.7. The zero-order valence-electron chi connectivity index (χ0n) is 10.3. The minimum absolute atomic E-state index is 0.392. The van der Waals surface area contributed by atoms with E-state index in [4.69, 9.17) is 0 Å². The van der Waals surface area contributed by atoms with E-state index in [1.807, 2.05) is 12.1 Å². The summed E-state index contributed by atoms with van der Waals surface area (Å²) in [6.45, 7) is 2.88. The molecule has 0 aromatic carbocycles. The Morgan fingerprint density at radius 2 is 2.44 bits per heavy atom. The standard InChI is InChI=1S/C13H16BrN3S/c1-2-17-13(8-15,10-5-6-10)9-18-12-11(14)4-3-7-16-12/h3-4,7,10,17H,2,5-6,9H2,1H3. The van der Waals surface area contributed by atoms with Crippen molar-refractivity contribution in [2.24, 2.45) is 5.92 Å². The highest BCUT2D eigenvalue weighted by Gasteiger charge is 2.45. The average molecular weight is 326 g/mol. The van der Waals surface area contributed by atoms with Gasteiger partial charge in [0.15, 0.2) is 0 Å². The van der Waals surface area contributed by atoms with Gasteiger partial charge in [0.25, 0.3) is 0 Å². The molecule has 1 aliphatic carbocycles. The van der Waals surface area contributed by atoms with Crippen LogP contribution in [0.15, 0.2) is 27.8 Å². The maximum Gasteiger partial charge on any atom is 0.119 e. The second kappa shape index (κ2) is 6.05. The number of pyridine rings is 1. The van der Waals surface area contributed by atoms with Crippen molar-refractivity contribution in [3.05, 3.63) is 22.8 Å². The van der Waals surface area contributed by atoms with Crippen molar-refractivity contribution < 1.29 is 0 Å². The molecule has 1 fully saturated rings. The Hall–Kier alpha value is -0.570. The molecule has 0 saturated heterocycles. The van der Waals surface area contributed by atoms with Crippen molar-refractivity contribution in [2.45, 2.75) is 30.3 Å². The fraction of sp³-hybridized carbons (Fsp3) is 0.538. The number of rotatable bonds is 6. The Morgan fingerprint density at radius 1 is 1.67 bits per heavy atom. The zero-order chi connectivity index (χ0) is 13.0. The number of hydrogen-bond acceptors (Lipinski definition) is 4. The third kappa shape index (κ3) is 3.05. The van der Waals surface area contributed by atoms with Crippen LogP contribution in [0.4, 0.5) is 0 Å². The molecule has 1 atom stereocenters. The summed E-state index contributed by atoms with van der Waals surface area (Å²) in [6, 6.07) is 6.37. The van der Waals surface area contributed by atoms with Crippen molar-refractivity contribution in [3.63, 3.8) is 0 Å². The van der Waals surface area contributed by atoms with Gasteiger partial charge < -0.3 is 0 Å². The van der Waals surface area contributed by atoms with E-state index in [1.54, 1.807) is 18.0 Å². The van der Waals surface area contributed by atoms with Crippen molar-refractivity contribution >= 4 is 27.7 Å². The predicted molar refractivity (Wildman–Crippen MR) is 77.4 cm³/mol. The molecule has 1 heterocycles.